The number of rotatable bonds is 4. The Hall–Kier alpha value is -3.00. The second kappa shape index (κ2) is 7.05. The zero-order chi connectivity index (χ0) is 16.9. The molecule has 1 aliphatic heterocycles. The van der Waals surface area contributed by atoms with E-state index < -0.39 is 0 Å². The molecule has 1 atom stereocenters. The highest BCUT2D eigenvalue weighted by atomic mass is 16.6. The Morgan fingerprint density at radius 2 is 2.04 bits per heavy atom. The average molecular weight is 322 g/mol. The maximum atomic E-state index is 12.7. The first-order valence-electron chi connectivity index (χ1n) is 7.89. The Morgan fingerprint density at radius 3 is 2.79 bits per heavy atom. The minimum atomic E-state index is -0.219. The number of carbonyl (C=O) groups excluding carboxylic acids is 1. The molecule has 1 heterocycles. The number of benzene rings is 2. The average Bonchev–Trinajstić information content (AvgIpc) is 2.65. The third kappa shape index (κ3) is 3.33. The maximum Gasteiger partial charge on any atom is 0.254 e. The molecule has 0 N–H and O–H groups in total. The number of fused-ring (bicyclic) bond motifs is 1. The lowest BCUT2D eigenvalue weighted by atomic mass is 10.1. The molecule has 24 heavy (non-hydrogen) atoms. The molecule has 0 saturated heterocycles. The molecule has 5 nitrogen and oxygen atoms in total. The van der Waals surface area contributed by atoms with Crippen molar-refractivity contribution in [2.75, 3.05) is 19.7 Å². The SMILES string of the molecule is CCN(C[C@@H]1COc2ccccc2O1)C(=O)c1cccc(C#N)c1. The van der Waals surface area contributed by atoms with Crippen molar-refractivity contribution in [1.82, 2.24) is 4.90 Å². The van der Waals surface area contributed by atoms with Crippen LogP contribution in [0.3, 0.4) is 0 Å². The van der Waals surface area contributed by atoms with Crippen LogP contribution in [0.5, 0.6) is 11.5 Å². The first kappa shape index (κ1) is 15.9. The predicted octanol–water partition coefficient (Wildman–Crippen LogP) is 2.86. The van der Waals surface area contributed by atoms with Crippen LogP contribution in [0.25, 0.3) is 0 Å². The van der Waals surface area contributed by atoms with Gasteiger partial charge in [0.2, 0.25) is 0 Å². The molecule has 1 aliphatic rings. The van der Waals surface area contributed by atoms with Gasteiger partial charge in [-0.3, -0.25) is 4.79 Å². The van der Waals surface area contributed by atoms with Crippen molar-refractivity contribution in [3.63, 3.8) is 0 Å². The Labute approximate surface area is 141 Å². The van der Waals surface area contributed by atoms with Crippen LogP contribution in [0, 0.1) is 11.3 Å². The lowest BCUT2D eigenvalue weighted by Gasteiger charge is -2.31. The third-order valence-electron chi connectivity index (χ3n) is 3.90. The number of ether oxygens (including phenoxy) is 2. The van der Waals surface area contributed by atoms with Crippen LogP contribution in [-0.4, -0.2) is 36.6 Å². The lowest BCUT2D eigenvalue weighted by molar-refractivity contribution is 0.0475. The fourth-order valence-corrected chi connectivity index (χ4v) is 2.66. The first-order valence-corrected chi connectivity index (χ1v) is 7.89. The summed E-state index contributed by atoms with van der Waals surface area (Å²) in [5.74, 6) is 1.31. The molecule has 1 amide bonds. The van der Waals surface area contributed by atoms with Crippen molar-refractivity contribution in [2.45, 2.75) is 13.0 Å². The fourth-order valence-electron chi connectivity index (χ4n) is 2.66. The molecule has 0 aromatic heterocycles. The second-order valence-corrected chi connectivity index (χ2v) is 5.53. The Balaban J connectivity index is 1.71. The van der Waals surface area contributed by atoms with Gasteiger partial charge in [0.1, 0.15) is 6.61 Å². The molecule has 0 saturated carbocycles. The highest BCUT2D eigenvalue weighted by Gasteiger charge is 2.25. The summed E-state index contributed by atoms with van der Waals surface area (Å²) in [7, 11) is 0. The van der Waals surface area contributed by atoms with E-state index in [2.05, 4.69) is 6.07 Å². The summed E-state index contributed by atoms with van der Waals surface area (Å²) in [6.45, 7) is 3.31. The van der Waals surface area contributed by atoms with Crippen molar-refractivity contribution < 1.29 is 14.3 Å². The van der Waals surface area contributed by atoms with E-state index in [0.717, 1.165) is 5.75 Å². The smallest absolute Gasteiger partial charge is 0.254 e. The van der Waals surface area contributed by atoms with Crippen molar-refractivity contribution in [3.8, 4) is 17.6 Å². The zero-order valence-electron chi connectivity index (χ0n) is 13.4. The molecule has 0 bridgehead atoms. The van der Waals surface area contributed by atoms with Crippen LogP contribution in [0.4, 0.5) is 0 Å². The standard InChI is InChI=1S/C19H18N2O3/c1-2-21(19(22)15-7-5-6-14(10-15)11-20)12-16-13-23-17-8-3-4-9-18(17)24-16/h3-10,16H,2,12-13H2,1H3/t16-/m1/s1. The number of likely N-dealkylation sites (N-methyl/N-ethyl adjacent to an activating group) is 1. The van der Waals surface area contributed by atoms with Gasteiger partial charge in [-0.05, 0) is 37.3 Å². The monoisotopic (exact) mass is 322 g/mol. The van der Waals surface area contributed by atoms with E-state index in [1.807, 2.05) is 31.2 Å². The quantitative estimate of drug-likeness (QED) is 0.868. The van der Waals surface area contributed by atoms with Gasteiger partial charge >= 0.3 is 0 Å². The first-order chi connectivity index (χ1) is 11.7. The van der Waals surface area contributed by atoms with E-state index >= 15 is 0 Å². The van der Waals surface area contributed by atoms with E-state index in [1.54, 1.807) is 29.2 Å². The van der Waals surface area contributed by atoms with Crippen LogP contribution in [0.2, 0.25) is 0 Å². The number of carbonyl (C=O) groups is 1. The molecule has 2 aromatic carbocycles. The molecule has 0 aliphatic carbocycles. The van der Waals surface area contributed by atoms with Crippen LogP contribution in [0.15, 0.2) is 48.5 Å². The Morgan fingerprint density at radius 1 is 1.25 bits per heavy atom. The number of amides is 1. The third-order valence-corrected chi connectivity index (χ3v) is 3.90. The van der Waals surface area contributed by atoms with Gasteiger partial charge in [0.15, 0.2) is 17.6 Å². The second-order valence-electron chi connectivity index (χ2n) is 5.53. The number of para-hydroxylation sites is 2. The van der Waals surface area contributed by atoms with Crippen molar-refractivity contribution in [1.29, 1.82) is 5.26 Å². The van der Waals surface area contributed by atoms with Crippen LogP contribution < -0.4 is 9.47 Å². The highest BCUT2D eigenvalue weighted by Crippen LogP contribution is 2.31. The molecular weight excluding hydrogens is 304 g/mol. The van der Waals surface area contributed by atoms with Gasteiger partial charge in [-0.2, -0.15) is 5.26 Å². The fraction of sp³-hybridized carbons (Fsp3) is 0.263. The summed E-state index contributed by atoms with van der Waals surface area (Å²) >= 11 is 0. The lowest BCUT2D eigenvalue weighted by Crippen LogP contribution is -2.43. The van der Waals surface area contributed by atoms with Gasteiger partial charge < -0.3 is 14.4 Å². The molecular formula is C19H18N2O3. The van der Waals surface area contributed by atoms with Crippen LogP contribution in [0.1, 0.15) is 22.8 Å². The van der Waals surface area contributed by atoms with Crippen LogP contribution >= 0.6 is 0 Å². The Kier molecular flexibility index (Phi) is 4.66. The number of nitrogens with zero attached hydrogens (tertiary/aromatic N) is 2. The summed E-state index contributed by atoms with van der Waals surface area (Å²) in [4.78, 5) is 14.4. The van der Waals surface area contributed by atoms with Gasteiger partial charge in [0.25, 0.3) is 5.91 Å². The molecule has 122 valence electrons. The van der Waals surface area contributed by atoms with E-state index in [9.17, 15) is 4.79 Å². The van der Waals surface area contributed by atoms with Gasteiger partial charge in [-0.25, -0.2) is 0 Å². The van der Waals surface area contributed by atoms with Gasteiger partial charge in [-0.15, -0.1) is 0 Å². The van der Waals surface area contributed by atoms with Crippen molar-refractivity contribution >= 4 is 5.91 Å². The molecule has 2 aromatic rings. The van der Waals surface area contributed by atoms with Crippen molar-refractivity contribution in [2.24, 2.45) is 0 Å². The minimum absolute atomic E-state index is 0.114. The number of hydrogen-bond donors (Lipinski definition) is 0. The molecule has 0 radical (unpaired) electrons. The maximum absolute atomic E-state index is 12.7. The normalized spacial score (nSPS) is 15.4. The zero-order valence-corrected chi connectivity index (χ0v) is 13.4. The van der Waals surface area contributed by atoms with E-state index in [1.165, 1.54) is 0 Å². The summed E-state index contributed by atoms with van der Waals surface area (Å²) in [6.07, 6.45) is -0.219. The molecule has 0 unspecified atom stereocenters. The predicted molar refractivity (Wildman–Crippen MR) is 89.1 cm³/mol. The van der Waals surface area contributed by atoms with E-state index in [-0.39, 0.29) is 12.0 Å². The van der Waals surface area contributed by atoms with Gasteiger partial charge in [0, 0.05) is 12.1 Å². The number of nitriles is 1. The molecule has 5 heteroatoms. The molecule has 0 spiro atoms. The summed E-state index contributed by atoms with van der Waals surface area (Å²) < 4.78 is 11.6. The summed E-state index contributed by atoms with van der Waals surface area (Å²) in [6, 6.07) is 16.3. The summed E-state index contributed by atoms with van der Waals surface area (Å²) in [5.41, 5.74) is 0.983. The van der Waals surface area contributed by atoms with E-state index in [0.29, 0.717) is 36.6 Å². The molecule has 0 fully saturated rings. The molecule has 3 rings (SSSR count). The van der Waals surface area contributed by atoms with Crippen molar-refractivity contribution in [3.05, 3.63) is 59.7 Å². The topological polar surface area (TPSA) is 62.6 Å². The number of hydrogen-bond acceptors (Lipinski definition) is 4. The minimum Gasteiger partial charge on any atom is -0.486 e. The highest BCUT2D eigenvalue weighted by molar-refractivity contribution is 5.94. The van der Waals surface area contributed by atoms with Crippen LogP contribution in [-0.2, 0) is 0 Å². The van der Waals surface area contributed by atoms with E-state index in [4.69, 9.17) is 14.7 Å². The summed E-state index contributed by atoms with van der Waals surface area (Å²) in [5, 5.41) is 8.98. The van der Waals surface area contributed by atoms with Gasteiger partial charge in [0.05, 0.1) is 18.2 Å². The van der Waals surface area contributed by atoms with Gasteiger partial charge in [-0.1, -0.05) is 18.2 Å². The largest absolute Gasteiger partial charge is 0.486 e. The Bertz CT molecular complexity index is 782.